The first kappa shape index (κ1) is 26.9. The van der Waals surface area contributed by atoms with Gasteiger partial charge in [-0.15, -0.1) is 15.3 Å². The van der Waals surface area contributed by atoms with E-state index >= 15 is 0 Å². The fourth-order valence-corrected chi connectivity index (χ4v) is 4.13. The highest BCUT2D eigenvalue weighted by Crippen LogP contribution is 2.35. The van der Waals surface area contributed by atoms with Crippen LogP contribution in [-0.4, -0.2) is 64.1 Å². The maximum atomic E-state index is 9.69. The predicted molar refractivity (Wildman–Crippen MR) is 147 cm³/mol. The van der Waals surface area contributed by atoms with Crippen molar-refractivity contribution < 1.29 is 4.74 Å². The Bertz CT molecular complexity index is 1250. The van der Waals surface area contributed by atoms with Crippen LogP contribution in [0.1, 0.15) is 51.5 Å². The molecule has 0 saturated carbocycles. The van der Waals surface area contributed by atoms with Crippen molar-refractivity contribution in [3.8, 4) is 11.9 Å². The van der Waals surface area contributed by atoms with E-state index in [1.807, 2.05) is 19.1 Å². The van der Waals surface area contributed by atoms with E-state index in [2.05, 4.69) is 48.8 Å². The van der Waals surface area contributed by atoms with Crippen molar-refractivity contribution in [1.82, 2.24) is 24.7 Å². The first-order chi connectivity index (χ1) is 18.6. The molecule has 38 heavy (non-hydrogen) atoms. The summed E-state index contributed by atoms with van der Waals surface area (Å²) in [6.07, 6.45) is 8.72. The van der Waals surface area contributed by atoms with Gasteiger partial charge in [-0.25, -0.2) is 9.67 Å². The maximum absolute atomic E-state index is 9.69. The smallest absolute Gasteiger partial charge is 0.229 e. The van der Waals surface area contributed by atoms with Crippen molar-refractivity contribution in [2.45, 2.75) is 52.0 Å². The standard InChI is InChI=1S/C26H35N11O/c1-4-5-12-29-24-22(33-34-23-20(16-27)17-37(35-23)21-11-7-8-13-28-21)25(30-19(2)18-38-3)32-26(31-24)36-14-9-6-10-15-36/h7-8,11,13,17,19H,4-6,9-10,12,14-15,18H2,1-3H3,(H2,29,30,31,32). The van der Waals surface area contributed by atoms with Gasteiger partial charge < -0.3 is 20.3 Å². The van der Waals surface area contributed by atoms with Crippen LogP contribution in [0.5, 0.6) is 0 Å². The minimum atomic E-state index is -0.0282. The van der Waals surface area contributed by atoms with Crippen molar-refractivity contribution in [3.63, 3.8) is 0 Å². The van der Waals surface area contributed by atoms with Gasteiger partial charge in [-0.3, -0.25) is 0 Å². The highest BCUT2D eigenvalue weighted by atomic mass is 16.5. The van der Waals surface area contributed by atoms with Crippen molar-refractivity contribution >= 4 is 29.1 Å². The Morgan fingerprint density at radius 2 is 1.97 bits per heavy atom. The summed E-state index contributed by atoms with van der Waals surface area (Å²) in [5, 5.41) is 29.9. The normalized spacial score (nSPS) is 14.4. The van der Waals surface area contributed by atoms with E-state index in [9.17, 15) is 5.26 Å². The monoisotopic (exact) mass is 517 g/mol. The summed E-state index contributed by atoms with van der Waals surface area (Å²) in [4.78, 5) is 16.2. The summed E-state index contributed by atoms with van der Waals surface area (Å²) in [6.45, 7) is 7.21. The predicted octanol–water partition coefficient (Wildman–Crippen LogP) is 4.99. The lowest BCUT2D eigenvalue weighted by molar-refractivity contribution is 0.190. The molecular formula is C26H35N11O. The van der Waals surface area contributed by atoms with Gasteiger partial charge in [0.1, 0.15) is 11.6 Å². The molecule has 0 spiro atoms. The number of azo groups is 1. The van der Waals surface area contributed by atoms with Gasteiger partial charge in [-0.2, -0.15) is 15.2 Å². The third-order valence-corrected chi connectivity index (χ3v) is 6.08. The van der Waals surface area contributed by atoms with Gasteiger partial charge in [0.25, 0.3) is 0 Å². The Labute approximate surface area is 223 Å². The molecule has 4 heterocycles. The maximum Gasteiger partial charge on any atom is 0.229 e. The number of unbranched alkanes of at least 4 members (excludes halogenated alkanes) is 1. The van der Waals surface area contributed by atoms with E-state index in [4.69, 9.17) is 14.7 Å². The number of pyridine rings is 1. The summed E-state index contributed by atoms with van der Waals surface area (Å²) in [6, 6.07) is 7.59. The number of aromatic nitrogens is 5. The molecule has 200 valence electrons. The zero-order valence-electron chi connectivity index (χ0n) is 22.3. The van der Waals surface area contributed by atoms with Gasteiger partial charge in [0.05, 0.1) is 12.8 Å². The number of piperidine rings is 1. The molecule has 1 saturated heterocycles. The molecule has 12 nitrogen and oxygen atoms in total. The Balaban J connectivity index is 1.75. The van der Waals surface area contributed by atoms with Crippen LogP contribution in [-0.2, 0) is 4.74 Å². The van der Waals surface area contributed by atoms with Crippen LogP contribution >= 0.6 is 0 Å². The van der Waals surface area contributed by atoms with Crippen molar-refractivity contribution in [1.29, 1.82) is 5.26 Å². The largest absolute Gasteiger partial charge is 0.383 e. The van der Waals surface area contributed by atoms with Crippen LogP contribution in [0.25, 0.3) is 5.82 Å². The molecule has 12 heteroatoms. The number of rotatable bonds is 12. The van der Waals surface area contributed by atoms with E-state index < -0.39 is 0 Å². The van der Waals surface area contributed by atoms with Crippen LogP contribution in [0.2, 0.25) is 0 Å². The van der Waals surface area contributed by atoms with Gasteiger partial charge in [0.2, 0.25) is 11.8 Å². The molecular weight excluding hydrogens is 482 g/mol. The van der Waals surface area contributed by atoms with E-state index in [1.165, 1.54) is 11.1 Å². The van der Waals surface area contributed by atoms with Gasteiger partial charge in [-0.1, -0.05) is 19.4 Å². The summed E-state index contributed by atoms with van der Waals surface area (Å²) in [5.74, 6) is 2.57. The minimum Gasteiger partial charge on any atom is -0.383 e. The zero-order chi connectivity index (χ0) is 26.7. The molecule has 3 aromatic heterocycles. The fraction of sp³-hybridized carbons (Fsp3) is 0.500. The summed E-state index contributed by atoms with van der Waals surface area (Å²) in [7, 11) is 1.66. The SMILES string of the molecule is CCCCNc1nc(N2CCCCC2)nc(NC(C)COC)c1N=Nc1nn(-c2ccccn2)cc1C#N. The summed E-state index contributed by atoms with van der Waals surface area (Å²) >= 11 is 0. The zero-order valence-corrected chi connectivity index (χ0v) is 22.3. The fourth-order valence-electron chi connectivity index (χ4n) is 4.13. The number of anilines is 3. The van der Waals surface area contributed by atoms with Crippen molar-refractivity contribution in [3.05, 3.63) is 36.2 Å². The number of ether oxygens (including phenoxy) is 1. The van der Waals surface area contributed by atoms with Crippen molar-refractivity contribution in [2.24, 2.45) is 10.2 Å². The van der Waals surface area contributed by atoms with Gasteiger partial charge in [0.15, 0.2) is 23.1 Å². The highest BCUT2D eigenvalue weighted by Gasteiger charge is 2.21. The highest BCUT2D eigenvalue weighted by molar-refractivity contribution is 5.76. The Kier molecular flexibility index (Phi) is 9.53. The first-order valence-electron chi connectivity index (χ1n) is 13.1. The second kappa shape index (κ2) is 13.4. The molecule has 1 aliphatic rings. The molecule has 2 N–H and O–H groups in total. The van der Waals surface area contributed by atoms with E-state index in [1.54, 1.807) is 25.6 Å². The average molecular weight is 518 g/mol. The van der Waals surface area contributed by atoms with Crippen LogP contribution in [0.15, 0.2) is 40.8 Å². The van der Waals surface area contributed by atoms with E-state index in [0.717, 1.165) is 45.3 Å². The molecule has 0 radical (unpaired) electrons. The number of nitriles is 1. The van der Waals surface area contributed by atoms with Gasteiger partial charge in [0, 0.05) is 39.0 Å². The second-order valence-electron chi connectivity index (χ2n) is 9.21. The lowest BCUT2D eigenvalue weighted by atomic mass is 10.1. The Morgan fingerprint density at radius 1 is 1.16 bits per heavy atom. The minimum absolute atomic E-state index is 0.0282. The van der Waals surface area contributed by atoms with E-state index in [-0.39, 0.29) is 17.4 Å². The van der Waals surface area contributed by atoms with E-state index in [0.29, 0.717) is 35.7 Å². The number of nitrogens with zero attached hydrogens (tertiary/aromatic N) is 9. The molecule has 0 aliphatic carbocycles. The second-order valence-corrected chi connectivity index (χ2v) is 9.21. The molecule has 3 aromatic rings. The molecule has 1 unspecified atom stereocenters. The van der Waals surface area contributed by atoms with Crippen LogP contribution in [0.4, 0.5) is 29.1 Å². The number of methoxy groups -OCH3 is 1. The molecule has 4 rings (SSSR count). The third-order valence-electron chi connectivity index (χ3n) is 6.08. The molecule has 0 amide bonds. The van der Waals surface area contributed by atoms with Gasteiger partial charge >= 0.3 is 0 Å². The van der Waals surface area contributed by atoms with Crippen molar-refractivity contribution in [2.75, 3.05) is 48.9 Å². The Morgan fingerprint density at radius 3 is 2.68 bits per heavy atom. The molecule has 1 atom stereocenters. The lowest BCUT2D eigenvalue weighted by Crippen LogP contribution is -2.32. The van der Waals surface area contributed by atoms with Gasteiger partial charge in [-0.05, 0) is 44.7 Å². The number of nitrogens with one attached hydrogen (secondary N) is 2. The first-order valence-corrected chi connectivity index (χ1v) is 13.1. The summed E-state index contributed by atoms with van der Waals surface area (Å²) in [5.41, 5.74) is 0.745. The average Bonchev–Trinajstić information content (AvgIpc) is 3.37. The van der Waals surface area contributed by atoms with Crippen LogP contribution in [0, 0.1) is 11.3 Å². The van der Waals surface area contributed by atoms with Crippen LogP contribution in [0.3, 0.4) is 0 Å². The quantitative estimate of drug-likeness (QED) is 0.251. The topological polar surface area (TPSA) is 142 Å². The molecule has 0 aromatic carbocycles. The Hall–Kier alpha value is -4.11. The third kappa shape index (κ3) is 6.80. The molecule has 0 bridgehead atoms. The lowest BCUT2D eigenvalue weighted by Gasteiger charge is -2.28. The molecule has 1 fully saturated rings. The number of hydrogen-bond acceptors (Lipinski definition) is 11. The van der Waals surface area contributed by atoms with Crippen LogP contribution < -0.4 is 15.5 Å². The summed E-state index contributed by atoms with van der Waals surface area (Å²) < 4.78 is 6.85. The molecule has 1 aliphatic heterocycles. The number of hydrogen-bond donors (Lipinski definition) is 2.